The Morgan fingerprint density at radius 2 is 2.03 bits per heavy atom. The molecule has 1 unspecified atom stereocenters. The average molecular weight is 536 g/mol. The van der Waals surface area contributed by atoms with E-state index < -0.39 is 18.5 Å². The maximum Gasteiger partial charge on any atom is 0.331 e. The fraction of sp³-hybridized carbons (Fsp3) is 0.250. The number of amides is 1. The summed E-state index contributed by atoms with van der Waals surface area (Å²) in [6.45, 7) is 2.23. The predicted molar refractivity (Wildman–Crippen MR) is 141 cm³/mol. The molecule has 0 saturated heterocycles. The van der Waals surface area contributed by atoms with Gasteiger partial charge in [-0.1, -0.05) is 29.6 Å². The Kier molecular flexibility index (Phi) is 8.70. The lowest BCUT2D eigenvalue weighted by molar-refractivity contribution is 0.0980. The van der Waals surface area contributed by atoms with Crippen LogP contribution in [0.2, 0.25) is 5.15 Å². The van der Waals surface area contributed by atoms with Gasteiger partial charge in [-0.3, -0.25) is 14.3 Å². The molecule has 0 aliphatic rings. The number of pyridine rings is 1. The summed E-state index contributed by atoms with van der Waals surface area (Å²) in [7, 11) is 0. The number of rotatable bonds is 8. The highest BCUT2D eigenvalue weighted by molar-refractivity contribution is 7.97. The molecule has 1 aromatic carbocycles. The minimum atomic E-state index is -2.94. The Labute approximate surface area is 215 Å². The zero-order valence-electron chi connectivity index (χ0n) is 19.9. The van der Waals surface area contributed by atoms with Crippen LogP contribution in [-0.2, 0) is 0 Å². The van der Waals surface area contributed by atoms with E-state index in [-0.39, 0.29) is 38.8 Å². The summed E-state index contributed by atoms with van der Waals surface area (Å²) in [5.74, 6) is -0.404. The van der Waals surface area contributed by atoms with Crippen molar-refractivity contribution < 1.29 is 18.0 Å². The third-order valence-electron chi connectivity index (χ3n) is 5.27. The maximum atomic E-state index is 13.2. The minimum Gasteiger partial charge on any atom is -0.455 e. The van der Waals surface area contributed by atoms with Crippen LogP contribution in [0.15, 0.2) is 44.7 Å². The number of fused-ring (bicyclic) bond motifs is 1. The van der Waals surface area contributed by atoms with E-state index in [1.165, 1.54) is 6.92 Å². The largest absolute Gasteiger partial charge is 0.455 e. The number of nitrogens with one attached hydrogen (secondary N) is 2. The Morgan fingerprint density at radius 1 is 1.31 bits per heavy atom. The van der Waals surface area contributed by atoms with Crippen molar-refractivity contribution in [2.75, 3.05) is 11.6 Å². The van der Waals surface area contributed by atoms with Gasteiger partial charge in [0, 0.05) is 29.8 Å². The van der Waals surface area contributed by atoms with Crippen molar-refractivity contribution in [3.63, 3.8) is 0 Å². The number of aromatic nitrogens is 1. The zero-order valence-corrected chi connectivity index (χ0v) is 21.4. The third-order valence-corrected chi connectivity index (χ3v) is 5.87. The Balaban J connectivity index is 2.17. The quantitative estimate of drug-likeness (QED) is 0.156. The van der Waals surface area contributed by atoms with Crippen LogP contribution in [0.4, 0.5) is 14.5 Å². The van der Waals surface area contributed by atoms with Crippen LogP contribution in [0.5, 0.6) is 0 Å². The van der Waals surface area contributed by atoms with E-state index in [9.17, 15) is 18.4 Å². The number of aryl methyl sites for hydroxylation is 1. The molecule has 0 bridgehead atoms. The first-order chi connectivity index (χ1) is 17.1. The molecule has 0 saturated carbocycles. The van der Waals surface area contributed by atoms with Gasteiger partial charge in [-0.15, -0.1) is 0 Å². The fourth-order valence-corrected chi connectivity index (χ4v) is 4.09. The van der Waals surface area contributed by atoms with Crippen LogP contribution in [0, 0.1) is 13.8 Å². The summed E-state index contributed by atoms with van der Waals surface area (Å²) in [5.41, 5.74) is 7.68. The summed E-state index contributed by atoms with van der Waals surface area (Å²) < 4.78 is 34.0. The van der Waals surface area contributed by atoms with Crippen molar-refractivity contribution in [1.82, 2.24) is 9.71 Å². The summed E-state index contributed by atoms with van der Waals surface area (Å²) in [6.07, 6.45) is 3.62. The molecule has 4 N–H and O–H groups in total. The predicted octanol–water partition coefficient (Wildman–Crippen LogP) is 5.23. The van der Waals surface area contributed by atoms with Gasteiger partial charge in [-0.2, -0.15) is 8.78 Å². The number of carbonyl (C=O) groups excluding carboxylic acids is 1. The number of hydrogen-bond acceptors (Lipinski definition) is 8. The SMILES string of the molecule is CSNC(=O)c1nc(Cl)ccc1NC(C)c1cc(C)cc2c(=O)c(C)c(C(/C=N/C(F)F)=C/N)oc12. The van der Waals surface area contributed by atoms with Crippen LogP contribution >= 0.6 is 23.5 Å². The molecule has 0 radical (unpaired) electrons. The van der Waals surface area contributed by atoms with Gasteiger partial charge in [0.25, 0.3) is 5.91 Å². The first kappa shape index (κ1) is 27.2. The van der Waals surface area contributed by atoms with Crippen LogP contribution in [0.25, 0.3) is 16.5 Å². The van der Waals surface area contributed by atoms with Gasteiger partial charge in [-0.25, -0.2) is 9.98 Å². The summed E-state index contributed by atoms with van der Waals surface area (Å²) in [6, 6.07) is 6.21. The van der Waals surface area contributed by atoms with Crippen molar-refractivity contribution in [1.29, 1.82) is 0 Å². The summed E-state index contributed by atoms with van der Waals surface area (Å²) >= 11 is 7.12. The van der Waals surface area contributed by atoms with Gasteiger partial charge >= 0.3 is 6.55 Å². The highest BCUT2D eigenvalue weighted by atomic mass is 35.5. The normalized spacial score (nSPS) is 12.9. The van der Waals surface area contributed by atoms with E-state index in [0.29, 0.717) is 16.6 Å². The number of allylic oxidation sites excluding steroid dienone is 1. The van der Waals surface area contributed by atoms with Crippen LogP contribution < -0.4 is 21.2 Å². The zero-order chi connectivity index (χ0) is 26.6. The second-order valence-electron chi connectivity index (χ2n) is 7.83. The molecule has 2 aromatic heterocycles. The standard InChI is InChI=1S/C24H24ClF2N5O3S/c1-11-7-15(13(3)30-17-5-6-18(25)31-19(17)23(34)32-36-4)22-16(8-11)20(33)12(2)21(35-22)14(9-28)10-29-24(26)27/h5-10,13,24,30H,28H2,1-4H3,(H,32,34)/b14-9+,29-10+. The smallest absolute Gasteiger partial charge is 0.331 e. The third kappa shape index (κ3) is 5.85. The van der Waals surface area contributed by atoms with Crippen LogP contribution in [-0.4, -0.2) is 29.9 Å². The Morgan fingerprint density at radius 3 is 2.67 bits per heavy atom. The first-order valence-corrected chi connectivity index (χ1v) is 12.3. The highest BCUT2D eigenvalue weighted by Crippen LogP contribution is 2.31. The van der Waals surface area contributed by atoms with Gasteiger partial charge in [0.15, 0.2) is 11.1 Å². The highest BCUT2D eigenvalue weighted by Gasteiger charge is 2.21. The lowest BCUT2D eigenvalue weighted by atomic mass is 9.99. The number of alkyl halides is 2. The van der Waals surface area contributed by atoms with Gasteiger partial charge in [0.2, 0.25) is 0 Å². The van der Waals surface area contributed by atoms with Crippen molar-refractivity contribution in [3.8, 4) is 0 Å². The molecule has 1 atom stereocenters. The van der Waals surface area contributed by atoms with Gasteiger partial charge < -0.3 is 15.5 Å². The minimum absolute atomic E-state index is 0.0323. The Bertz CT molecular complexity index is 1430. The van der Waals surface area contributed by atoms with Gasteiger partial charge in [-0.05, 0) is 44.5 Å². The molecule has 3 rings (SSSR count). The number of hydrogen-bond donors (Lipinski definition) is 3. The van der Waals surface area contributed by atoms with E-state index in [2.05, 4.69) is 20.0 Å². The first-order valence-electron chi connectivity index (χ1n) is 10.6. The second-order valence-corrected chi connectivity index (χ2v) is 8.83. The topological polar surface area (TPSA) is 123 Å². The lowest BCUT2D eigenvalue weighted by Gasteiger charge is -2.20. The van der Waals surface area contributed by atoms with Crippen molar-refractivity contribution in [3.05, 3.63) is 74.0 Å². The molecule has 1 amide bonds. The van der Waals surface area contributed by atoms with E-state index in [0.717, 1.165) is 29.9 Å². The van der Waals surface area contributed by atoms with E-state index in [1.54, 1.807) is 24.5 Å². The number of benzene rings is 1. The molecule has 8 nitrogen and oxygen atoms in total. The van der Waals surface area contributed by atoms with Crippen molar-refractivity contribution >= 4 is 57.9 Å². The molecule has 0 aliphatic heterocycles. The summed E-state index contributed by atoms with van der Waals surface area (Å²) in [4.78, 5) is 32.9. The number of anilines is 1. The number of nitrogens with two attached hydrogens (primary N) is 1. The van der Waals surface area contributed by atoms with Crippen LogP contribution in [0.3, 0.4) is 0 Å². The van der Waals surface area contributed by atoms with E-state index in [1.807, 2.05) is 19.9 Å². The summed E-state index contributed by atoms with van der Waals surface area (Å²) in [5, 5.41) is 3.70. The van der Waals surface area contributed by atoms with Gasteiger partial charge in [0.05, 0.1) is 22.7 Å². The van der Waals surface area contributed by atoms with Crippen molar-refractivity contribution in [2.45, 2.75) is 33.4 Å². The molecule has 12 heteroatoms. The van der Waals surface area contributed by atoms with Crippen LogP contribution in [0.1, 0.15) is 45.9 Å². The van der Waals surface area contributed by atoms with E-state index >= 15 is 0 Å². The molecular weight excluding hydrogens is 512 g/mol. The number of aliphatic imine (C=N–C) groups is 1. The number of carbonyl (C=O) groups is 1. The molecule has 190 valence electrons. The molecule has 36 heavy (non-hydrogen) atoms. The van der Waals surface area contributed by atoms with E-state index in [4.69, 9.17) is 21.8 Å². The lowest BCUT2D eigenvalue weighted by Crippen LogP contribution is -2.20. The molecule has 0 fully saturated rings. The molecule has 0 aliphatic carbocycles. The molecule has 0 spiro atoms. The fourth-order valence-electron chi connectivity index (χ4n) is 3.66. The number of halogens is 3. The van der Waals surface area contributed by atoms with Crippen molar-refractivity contribution in [2.24, 2.45) is 10.7 Å². The average Bonchev–Trinajstić information content (AvgIpc) is 2.83. The van der Waals surface area contributed by atoms with Gasteiger partial charge in [0.1, 0.15) is 16.5 Å². The monoisotopic (exact) mass is 535 g/mol. The molecule has 2 heterocycles. The number of nitrogens with zero attached hydrogens (tertiary/aromatic N) is 2. The maximum absolute atomic E-state index is 13.2. The molecule has 3 aromatic rings. The molecular formula is C24H24ClF2N5O3S. The Hall–Kier alpha value is -3.44. The second kappa shape index (κ2) is 11.5.